The lowest BCUT2D eigenvalue weighted by Crippen LogP contribution is -2.12. The standard InChI is InChI=1S/C18H18O4/c1-2-3-7-13-10-11-14(17(19)20)16(18(21)22)15(13)12-8-5-4-6-9-12/h4-6,8-11H,2-3,7H2,1H3,(H,19,20)(H,21,22). The highest BCUT2D eigenvalue weighted by atomic mass is 16.4. The van der Waals surface area contributed by atoms with Crippen molar-refractivity contribution >= 4 is 11.9 Å². The molecule has 2 N–H and O–H groups in total. The highest BCUT2D eigenvalue weighted by Gasteiger charge is 2.23. The molecule has 0 heterocycles. The SMILES string of the molecule is CCCCc1ccc(C(=O)O)c(C(=O)O)c1-c1ccccc1. The van der Waals surface area contributed by atoms with E-state index < -0.39 is 11.9 Å². The lowest BCUT2D eigenvalue weighted by atomic mass is 9.88. The minimum absolute atomic E-state index is 0.132. The molecule has 0 atom stereocenters. The van der Waals surface area contributed by atoms with Gasteiger partial charge in [-0.05, 0) is 30.0 Å². The molecule has 0 spiro atoms. The predicted molar refractivity (Wildman–Crippen MR) is 84.4 cm³/mol. The third kappa shape index (κ3) is 3.17. The van der Waals surface area contributed by atoms with Crippen LogP contribution < -0.4 is 0 Å². The van der Waals surface area contributed by atoms with Crippen molar-refractivity contribution in [1.29, 1.82) is 0 Å². The maximum atomic E-state index is 11.7. The van der Waals surface area contributed by atoms with Gasteiger partial charge in [0, 0.05) is 5.56 Å². The van der Waals surface area contributed by atoms with Crippen LogP contribution in [0.25, 0.3) is 11.1 Å². The molecular formula is C18H18O4. The minimum Gasteiger partial charge on any atom is -0.478 e. The van der Waals surface area contributed by atoms with Crippen molar-refractivity contribution in [2.45, 2.75) is 26.2 Å². The van der Waals surface area contributed by atoms with Crippen LogP contribution in [-0.4, -0.2) is 22.2 Å². The summed E-state index contributed by atoms with van der Waals surface area (Å²) in [5, 5.41) is 18.8. The Morgan fingerprint density at radius 3 is 2.18 bits per heavy atom. The lowest BCUT2D eigenvalue weighted by molar-refractivity contribution is 0.0652. The summed E-state index contributed by atoms with van der Waals surface area (Å²) < 4.78 is 0. The molecule has 22 heavy (non-hydrogen) atoms. The normalized spacial score (nSPS) is 10.4. The summed E-state index contributed by atoms with van der Waals surface area (Å²) in [7, 11) is 0. The molecule has 2 aromatic carbocycles. The second kappa shape index (κ2) is 6.89. The topological polar surface area (TPSA) is 74.6 Å². The van der Waals surface area contributed by atoms with E-state index in [0.717, 1.165) is 30.4 Å². The van der Waals surface area contributed by atoms with Gasteiger partial charge in [0.25, 0.3) is 0 Å². The second-order valence-electron chi connectivity index (χ2n) is 5.10. The first-order chi connectivity index (χ1) is 10.6. The molecule has 0 bridgehead atoms. The number of unbranched alkanes of at least 4 members (excludes halogenated alkanes) is 1. The van der Waals surface area contributed by atoms with Gasteiger partial charge in [-0.1, -0.05) is 49.7 Å². The molecule has 0 saturated carbocycles. The predicted octanol–water partition coefficient (Wildman–Crippen LogP) is 4.09. The van der Waals surface area contributed by atoms with Crippen molar-refractivity contribution in [3.8, 4) is 11.1 Å². The van der Waals surface area contributed by atoms with Crippen molar-refractivity contribution < 1.29 is 19.8 Å². The van der Waals surface area contributed by atoms with Crippen LogP contribution in [0.1, 0.15) is 46.0 Å². The number of carboxylic acids is 2. The zero-order chi connectivity index (χ0) is 16.1. The number of carboxylic acid groups (broad SMARTS) is 2. The largest absolute Gasteiger partial charge is 0.478 e. The molecular weight excluding hydrogens is 280 g/mol. The van der Waals surface area contributed by atoms with Crippen molar-refractivity contribution in [3.63, 3.8) is 0 Å². The average Bonchev–Trinajstić information content (AvgIpc) is 2.52. The van der Waals surface area contributed by atoms with Crippen molar-refractivity contribution in [1.82, 2.24) is 0 Å². The quantitative estimate of drug-likeness (QED) is 0.842. The second-order valence-corrected chi connectivity index (χ2v) is 5.10. The molecule has 0 fully saturated rings. The summed E-state index contributed by atoms with van der Waals surface area (Å²) in [6.07, 6.45) is 2.63. The number of hydrogen-bond donors (Lipinski definition) is 2. The van der Waals surface area contributed by atoms with Gasteiger partial charge in [-0.15, -0.1) is 0 Å². The average molecular weight is 298 g/mol. The first-order valence-corrected chi connectivity index (χ1v) is 7.24. The van der Waals surface area contributed by atoms with E-state index in [4.69, 9.17) is 0 Å². The zero-order valence-corrected chi connectivity index (χ0v) is 12.4. The smallest absolute Gasteiger partial charge is 0.337 e. The fourth-order valence-electron chi connectivity index (χ4n) is 2.56. The van der Waals surface area contributed by atoms with E-state index >= 15 is 0 Å². The van der Waals surface area contributed by atoms with Crippen LogP contribution in [0.5, 0.6) is 0 Å². The summed E-state index contributed by atoms with van der Waals surface area (Å²) in [6.45, 7) is 2.06. The van der Waals surface area contributed by atoms with Gasteiger partial charge in [0.05, 0.1) is 11.1 Å². The Hall–Kier alpha value is -2.62. The third-order valence-electron chi connectivity index (χ3n) is 3.60. The summed E-state index contributed by atoms with van der Waals surface area (Å²) in [6, 6.07) is 12.2. The Bertz CT molecular complexity index is 690. The van der Waals surface area contributed by atoms with Gasteiger partial charge in [0.1, 0.15) is 0 Å². The molecule has 2 rings (SSSR count). The molecule has 0 aliphatic rings. The Morgan fingerprint density at radius 1 is 0.955 bits per heavy atom. The van der Waals surface area contributed by atoms with Gasteiger partial charge in [0.2, 0.25) is 0 Å². The molecule has 114 valence electrons. The van der Waals surface area contributed by atoms with E-state index in [9.17, 15) is 19.8 Å². The summed E-state index contributed by atoms with van der Waals surface area (Å²) >= 11 is 0. The molecule has 0 unspecified atom stereocenters. The van der Waals surface area contributed by atoms with Crippen LogP contribution in [0.15, 0.2) is 42.5 Å². The summed E-state index contributed by atoms with van der Waals surface area (Å²) in [4.78, 5) is 23.1. The maximum Gasteiger partial charge on any atom is 0.337 e. The van der Waals surface area contributed by atoms with Crippen molar-refractivity contribution in [2.24, 2.45) is 0 Å². The van der Waals surface area contributed by atoms with E-state index in [1.807, 2.05) is 30.3 Å². The van der Waals surface area contributed by atoms with E-state index in [1.54, 1.807) is 6.07 Å². The Balaban J connectivity index is 2.75. The van der Waals surface area contributed by atoms with E-state index in [1.165, 1.54) is 6.07 Å². The van der Waals surface area contributed by atoms with Crippen LogP contribution in [0.2, 0.25) is 0 Å². The molecule has 0 amide bonds. The van der Waals surface area contributed by atoms with E-state index in [2.05, 4.69) is 6.92 Å². The number of aromatic carboxylic acids is 2. The van der Waals surface area contributed by atoms with Crippen LogP contribution >= 0.6 is 0 Å². The fraction of sp³-hybridized carbons (Fsp3) is 0.222. The van der Waals surface area contributed by atoms with Gasteiger partial charge in [-0.2, -0.15) is 0 Å². The van der Waals surface area contributed by atoms with Gasteiger partial charge < -0.3 is 10.2 Å². The first kappa shape index (κ1) is 15.8. The monoisotopic (exact) mass is 298 g/mol. The molecule has 0 aliphatic carbocycles. The third-order valence-corrected chi connectivity index (χ3v) is 3.60. The van der Waals surface area contributed by atoms with Crippen LogP contribution in [0, 0.1) is 0 Å². The zero-order valence-electron chi connectivity index (χ0n) is 12.4. The molecule has 0 radical (unpaired) electrons. The van der Waals surface area contributed by atoms with Crippen LogP contribution in [-0.2, 0) is 6.42 Å². The van der Waals surface area contributed by atoms with E-state index in [-0.39, 0.29) is 11.1 Å². The number of rotatable bonds is 6. The Kier molecular flexibility index (Phi) is 4.94. The lowest BCUT2D eigenvalue weighted by Gasteiger charge is -2.15. The molecule has 4 heteroatoms. The molecule has 0 aliphatic heterocycles. The number of carbonyl (C=O) groups is 2. The number of benzene rings is 2. The van der Waals surface area contributed by atoms with Crippen molar-refractivity contribution in [2.75, 3.05) is 0 Å². The van der Waals surface area contributed by atoms with Gasteiger partial charge in [-0.3, -0.25) is 0 Å². The van der Waals surface area contributed by atoms with Crippen LogP contribution in [0.3, 0.4) is 0 Å². The number of aryl methyl sites for hydroxylation is 1. The van der Waals surface area contributed by atoms with Crippen molar-refractivity contribution in [3.05, 3.63) is 59.2 Å². The molecule has 0 aromatic heterocycles. The minimum atomic E-state index is -1.23. The van der Waals surface area contributed by atoms with Gasteiger partial charge >= 0.3 is 11.9 Å². The summed E-state index contributed by atoms with van der Waals surface area (Å²) in [5.41, 5.74) is 1.81. The van der Waals surface area contributed by atoms with E-state index in [0.29, 0.717) is 5.56 Å². The Morgan fingerprint density at radius 2 is 1.64 bits per heavy atom. The first-order valence-electron chi connectivity index (χ1n) is 7.24. The van der Waals surface area contributed by atoms with Crippen LogP contribution in [0.4, 0.5) is 0 Å². The Labute approximate surface area is 129 Å². The molecule has 4 nitrogen and oxygen atoms in total. The highest BCUT2D eigenvalue weighted by Crippen LogP contribution is 2.31. The highest BCUT2D eigenvalue weighted by molar-refractivity contribution is 6.07. The summed E-state index contributed by atoms with van der Waals surface area (Å²) in [5.74, 6) is -2.44. The number of hydrogen-bond acceptors (Lipinski definition) is 2. The molecule has 0 saturated heterocycles. The fourth-order valence-corrected chi connectivity index (χ4v) is 2.56. The van der Waals surface area contributed by atoms with Gasteiger partial charge in [0.15, 0.2) is 0 Å². The molecule has 2 aromatic rings. The maximum absolute atomic E-state index is 11.7. The van der Waals surface area contributed by atoms with Gasteiger partial charge in [-0.25, -0.2) is 9.59 Å².